The fraction of sp³-hybridized carbons (Fsp3) is 0.409. The van der Waals surface area contributed by atoms with E-state index in [0.717, 1.165) is 16.9 Å². The van der Waals surface area contributed by atoms with Crippen LogP contribution in [0, 0.1) is 6.92 Å². The number of halogens is 2. The average molecular weight is 421 g/mol. The number of hydrogen-bond donors (Lipinski definition) is 2. The van der Waals surface area contributed by atoms with E-state index < -0.39 is 6.61 Å². The van der Waals surface area contributed by atoms with Gasteiger partial charge in [0.2, 0.25) is 0 Å². The number of ether oxygens (including phenoxy) is 3. The molecule has 164 valence electrons. The van der Waals surface area contributed by atoms with Crippen LogP contribution in [0.25, 0.3) is 0 Å². The number of aryl methyl sites for hydroxylation is 1. The summed E-state index contributed by atoms with van der Waals surface area (Å²) < 4.78 is 40.4. The Morgan fingerprint density at radius 2 is 1.83 bits per heavy atom. The summed E-state index contributed by atoms with van der Waals surface area (Å²) in [5, 5.41) is 6.32. The van der Waals surface area contributed by atoms with Crippen molar-refractivity contribution in [3.8, 4) is 11.5 Å². The van der Waals surface area contributed by atoms with E-state index >= 15 is 0 Å². The van der Waals surface area contributed by atoms with Crippen LogP contribution in [0.4, 0.5) is 8.78 Å². The average Bonchev–Trinajstić information content (AvgIpc) is 2.72. The molecule has 0 atom stereocenters. The van der Waals surface area contributed by atoms with Crippen LogP contribution in [0.3, 0.4) is 0 Å². The van der Waals surface area contributed by atoms with E-state index in [1.54, 1.807) is 19.2 Å². The lowest BCUT2D eigenvalue weighted by Crippen LogP contribution is -2.36. The second kappa shape index (κ2) is 12.6. The van der Waals surface area contributed by atoms with Gasteiger partial charge in [0.1, 0.15) is 18.1 Å². The van der Waals surface area contributed by atoms with E-state index in [1.807, 2.05) is 44.2 Å². The van der Waals surface area contributed by atoms with Crippen LogP contribution in [-0.2, 0) is 17.8 Å². The first-order valence-electron chi connectivity index (χ1n) is 9.79. The molecule has 0 aromatic heterocycles. The van der Waals surface area contributed by atoms with Gasteiger partial charge < -0.3 is 24.8 Å². The number of aliphatic imine (C=N–C) groups is 1. The van der Waals surface area contributed by atoms with Crippen molar-refractivity contribution in [3.05, 3.63) is 59.2 Å². The van der Waals surface area contributed by atoms with Gasteiger partial charge in [0.15, 0.2) is 5.96 Å². The van der Waals surface area contributed by atoms with Gasteiger partial charge in [0, 0.05) is 25.8 Å². The number of alkyl halides is 2. The summed E-state index contributed by atoms with van der Waals surface area (Å²) in [4.78, 5) is 4.56. The molecule has 0 unspecified atom stereocenters. The van der Waals surface area contributed by atoms with Crippen molar-refractivity contribution in [2.24, 2.45) is 4.99 Å². The van der Waals surface area contributed by atoms with Crippen LogP contribution in [0.2, 0.25) is 0 Å². The number of guanidine groups is 1. The zero-order chi connectivity index (χ0) is 21.8. The maximum atomic E-state index is 12.7. The van der Waals surface area contributed by atoms with E-state index in [-0.39, 0.29) is 5.75 Å². The van der Waals surface area contributed by atoms with Gasteiger partial charge in [-0.2, -0.15) is 8.78 Å². The zero-order valence-corrected chi connectivity index (χ0v) is 17.6. The largest absolute Gasteiger partial charge is 0.491 e. The molecule has 30 heavy (non-hydrogen) atoms. The third kappa shape index (κ3) is 8.24. The minimum absolute atomic E-state index is 0.156. The molecule has 2 aromatic carbocycles. The first kappa shape index (κ1) is 23.4. The monoisotopic (exact) mass is 421 g/mol. The van der Waals surface area contributed by atoms with Crippen LogP contribution < -0.4 is 20.1 Å². The van der Waals surface area contributed by atoms with Gasteiger partial charge in [0.25, 0.3) is 0 Å². The highest BCUT2D eigenvalue weighted by Gasteiger charge is 2.10. The summed E-state index contributed by atoms with van der Waals surface area (Å²) in [6.07, 6.45) is 0. The molecule has 0 fully saturated rings. The Kier molecular flexibility index (Phi) is 9.86. The maximum Gasteiger partial charge on any atom is 0.387 e. The fourth-order valence-corrected chi connectivity index (χ4v) is 2.68. The summed E-state index contributed by atoms with van der Waals surface area (Å²) >= 11 is 0. The molecule has 0 aliphatic rings. The summed E-state index contributed by atoms with van der Waals surface area (Å²) in [5.74, 6) is 1.52. The predicted molar refractivity (Wildman–Crippen MR) is 113 cm³/mol. The molecule has 0 radical (unpaired) electrons. The quantitative estimate of drug-likeness (QED) is 0.328. The van der Waals surface area contributed by atoms with E-state index in [9.17, 15) is 8.78 Å². The van der Waals surface area contributed by atoms with Crippen LogP contribution >= 0.6 is 0 Å². The molecule has 2 aromatic rings. The lowest BCUT2D eigenvalue weighted by Gasteiger charge is -2.15. The minimum Gasteiger partial charge on any atom is -0.491 e. The van der Waals surface area contributed by atoms with Crippen molar-refractivity contribution in [1.82, 2.24) is 10.6 Å². The van der Waals surface area contributed by atoms with Crippen molar-refractivity contribution in [2.45, 2.75) is 33.5 Å². The molecule has 8 heteroatoms. The van der Waals surface area contributed by atoms with Gasteiger partial charge in [-0.15, -0.1) is 0 Å². The number of benzene rings is 2. The van der Waals surface area contributed by atoms with E-state index in [2.05, 4.69) is 20.4 Å². The van der Waals surface area contributed by atoms with Crippen LogP contribution in [0.5, 0.6) is 11.5 Å². The topological polar surface area (TPSA) is 64.1 Å². The highest BCUT2D eigenvalue weighted by Crippen LogP contribution is 2.22. The number of rotatable bonds is 11. The van der Waals surface area contributed by atoms with Crippen molar-refractivity contribution in [2.75, 3.05) is 26.9 Å². The normalized spacial score (nSPS) is 11.5. The molecule has 2 rings (SSSR count). The first-order valence-corrected chi connectivity index (χ1v) is 9.79. The Hall–Kier alpha value is -2.87. The molecule has 0 heterocycles. The number of hydrogen-bond acceptors (Lipinski definition) is 4. The molecule has 0 spiro atoms. The molecule has 0 saturated heterocycles. The first-order chi connectivity index (χ1) is 14.5. The van der Waals surface area contributed by atoms with Crippen molar-refractivity contribution < 1.29 is 23.0 Å². The van der Waals surface area contributed by atoms with Gasteiger partial charge in [-0.1, -0.05) is 29.8 Å². The standard InChI is InChI=1S/C22H29F2N3O3/c1-4-25-22(26-14-17-6-8-19(9-7-17)29-12-11-28-3)27-15-18-13-16(2)5-10-20(18)30-21(23)24/h5-10,13,21H,4,11-12,14-15H2,1-3H3,(H2,25,26,27). The number of nitrogens with zero attached hydrogens (tertiary/aromatic N) is 1. The van der Waals surface area contributed by atoms with Gasteiger partial charge >= 0.3 is 6.61 Å². The lowest BCUT2D eigenvalue weighted by atomic mass is 10.1. The highest BCUT2D eigenvalue weighted by atomic mass is 19.3. The van der Waals surface area contributed by atoms with Crippen LogP contribution in [0.1, 0.15) is 23.6 Å². The third-order valence-corrected chi connectivity index (χ3v) is 4.12. The Labute approximate surface area is 176 Å². The Balaban J connectivity index is 1.99. The Morgan fingerprint density at radius 3 is 2.50 bits per heavy atom. The minimum atomic E-state index is -2.87. The van der Waals surface area contributed by atoms with Crippen molar-refractivity contribution in [3.63, 3.8) is 0 Å². The van der Waals surface area contributed by atoms with Gasteiger partial charge in [-0.3, -0.25) is 0 Å². The summed E-state index contributed by atoms with van der Waals surface area (Å²) in [6.45, 7) is 3.47. The predicted octanol–water partition coefficient (Wildman–Crippen LogP) is 3.88. The number of nitrogens with one attached hydrogen (secondary N) is 2. The van der Waals surface area contributed by atoms with Gasteiger partial charge in [0.05, 0.1) is 13.2 Å². The Bertz CT molecular complexity index is 799. The van der Waals surface area contributed by atoms with E-state index in [4.69, 9.17) is 9.47 Å². The zero-order valence-electron chi connectivity index (χ0n) is 17.6. The lowest BCUT2D eigenvalue weighted by molar-refractivity contribution is -0.0504. The highest BCUT2D eigenvalue weighted by molar-refractivity contribution is 5.79. The third-order valence-electron chi connectivity index (χ3n) is 4.12. The smallest absolute Gasteiger partial charge is 0.387 e. The molecular formula is C22H29F2N3O3. The second-order valence-electron chi connectivity index (χ2n) is 6.52. The number of methoxy groups -OCH3 is 1. The van der Waals surface area contributed by atoms with E-state index in [0.29, 0.717) is 44.4 Å². The SMILES string of the molecule is CCNC(=NCc1ccc(OCCOC)cc1)NCc1cc(C)ccc1OC(F)F. The Morgan fingerprint density at radius 1 is 1.07 bits per heavy atom. The van der Waals surface area contributed by atoms with Gasteiger partial charge in [-0.25, -0.2) is 4.99 Å². The van der Waals surface area contributed by atoms with Crippen LogP contribution in [-0.4, -0.2) is 39.4 Å². The van der Waals surface area contributed by atoms with Gasteiger partial charge in [-0.05, 0) is 37.6 Å². The molecule has 0 aliphatic carbocycles. The molecular weight excluding hydrogens is 392 g/mol. The molecule has 0 aliphatic heterocycles. The summed E-state index contributed by atoms with van der Waals surface area (Å²) in [6, 6.07) is 12.8. The molecule has 6 nitrogen and oxygen atoms in total. The van der Waals surface area contributed by atoms with Crippen molar-refractivity contribution >= 4 is 5.96 Å². The van der Waals surface area contributed by atoms with Crippen molar-refractivity contribution in [1.29, 1.82) is 0 Å². The summed E-state index contributed by atoms with van der Waals surface area (Å²) in [5.41, 5.74) is 2.62. The summed E-state index contributed by atoms with van der Waals surface area (Å²) in [7, 11) is 1.63. The molecule has 0 amide bonds. The second-order valence-corrected chi connectivity index (χ2v) is 6.52. The van der Waals surface area contributed by atoms with Crippen LogP contribution in [0.15, 0.2) is 47.5 Å². The molecule has 0 saturated carbocycles. The van der Waals surface area contributed by atoms with E-state index in [1.165, 1.54) is 0 Å². The molecule has 0 bridgehead atoms. The molecule has 2 N–H and O–H groups in total. The fourth-order valence-electron chi connectivity index (χ4n) is 2.68. The maximum absolute atomic E-state index is 12.7.